The van der Waals surface area contributed by atoms with Gasteiger partial charge in [-0.25, -0.2) is 4.98 Å². The van der Waals surface area contributed by atoms with Gasteiger partial charge in [-0.15, -0.1) is 11.3 Å². The maximum absolute atomic E-state index is 4.33. The van der Waals surface area contributed by atoms with Gasteiger partial charge in [-0.2, -0.15) is 5.10 Å². The molecule has 0 bridgehead atoms. The minimum absolute atomic E-state index is 0.854. The molecule has 0 radical (unpaired) electrons. The van der Waals surface area contributed by atoms with E-state index in [1.807, 2.05) is 30.3 Å². The maximum atomic E-state index is 4.33. The molecule has 0 aromatic carbocycles. The SMILES string of the molecule is CCc1ncc(CNCc2cnn(C)c2)s1. The van der Waals surface area contributed by atoms with E-state index in [-0.39, 0.29) is 0 Å². The number of nitrogens with one attached hydrogen (secondary N) is 1. The average molecular weight is 236 g/mol. The lowest BCUT2D eigenvalue weighted by molar-refractivity contribution is 0.698. The summed E-state index contributed by atoms with van der Waals surface area (Å²) in [6.45, 7) is 3.87. The summed E-state index contributed by atoms with van der Waals surface area (Å²) in [5, 5.41) is 8.72. The molecule has 0 fully saturated rings. The second-order valence-corrected chi connectivity index (χ2v) is 4.90. The Balaban J connectivity index is 1.79. The van der Waals surface area contributed by atoms with Crippen molar-refractivity contribution in [3.63, 3.8) is 0 Å². The molecule has 86 valence electrons. The van der Waals surface area contributed by atoms with Crippen LogP contribution in [0.2, 0.25) is 0 Å². The Morgan fingerprint density at radius 3 is 2.88 bits per heavy atom. The van der Waals surface area contributed by atoms with Crippen molar-refractivity contribution in [1.82, 2.24) is 20.1 Å². The highest BCUT2D eigenvalue weighted by Crippen LogP contribution is 2.12. The van der Waals surface area contributed by atoms with Gasteiger partial charge in [-0.3, -0.25) is 4.68 Å². The van der Waals surface area contributed by atoms with Gasteiger partial charge in [0.1, 0.15) is 0 Å². The van der Waals surface area contributed by atoms with Gasteiger partial charge >= 0.3 is 0 Å². The molecule has 0 spiro atoms. The molecule has 0 amide bonds. The Bertz CT molecular complexity index is 446. The van der Waals surface area contributed by atoms with Gasteiger partial charge in [0.15, 0.2) is 0 Å². The van der Waals surface area contributed by atoms with Crippen LogP contribution in [0.5, 0.6) is 0 Å². The van der Waals surface area contributed by atoms with Crippen LogP contribution in [0.25, 0.3) is 0 Å². The second kappa shape index (κ2) is 5.23. The molecule has 0 aliphatic carbocycles. The summed E-state index contributed by atoms with van der Waals surface area (Å²) < 4.78 is 1.82. The van der Waals surface area contributed by atoms with E-state index in [1.165, 1.54) is 15.4 Å². The zero-order chi connectivity index (χ0) is 11.4. The van der Waals surface area contributed by atoms with E-state index in [0.717, 1.165) is 19.5 Å². The minimum atomic E-state index is 0.854. The lowest BCUT2D eigenvalue weighted by Crippen LogP contribution is -2.11. The summed E-state index contributed by atoms with van der Waals surface area (Å²) in [7, 11) is 1.93. The normalized spacial score (nSPS) is 10.9. The lowest BCUT2D eigenvalue weighted by Gasteiger charge is -1.99. The summed E-state index contributed by atoms with van der Waals surface area (Å²) in [6.07, 6.45) is 6.89. The maximum Gasteiger partial charge on any atom is 0.0925 e. The van der Waals surface area contributed by atoms with Crippen molar-refractivity contribution in [1.29, 1.82) is 0 Å². The molecule has 2 heterocycles. The van der Waals surface area contributed by atoms with E-state index in [2.05, 4.69) is 22.3 Å². The van der Waals surface area contributed by atoms with Crippen molar-refractivity contribution < 1.29 is 0 Å². The minimum Gasteiger partial charge on any atom is -0.308 e. The van der Waals surface area contributed by atoms with Crippen molar-refractivity contribution in [2.75, 3.05) is 0 Å². The molecule has 0 aliphatic heterocycles. The molecule has 2 aromatic heterocycles. The molecule has 0 atom stereocenters. The lowest BCUT2D eigenvalue weighted by atomic mass is 10.3. The number of hydrogen-bond acceptors (Lipinski definition) is 4. The largest absolute Gasteiger partial charge is 0.308 e. The molecule has 1 N–H and O–H groups in total. The molecule has 16 heavy (non-hydrogen) atoms. The third-order valence-corrected chi connectivity index (χ3v) is 3.43. The fourth-order valence-electron chi connectivity index (χ4n) is 1.49. The van der Waals surface area contributed by atoms with Crippen LogP contribution < -0.4 is 5.32 Å². The van der Waals surface area contributed by atoms with Crippen LogP contribution in [0.3, 0.4) is 0 Å². The highest BCUT2D eigenvalue weighted by atomic mass is 32.1. The molecule has 2 aromatic rings. The van der Waals surface area contributed by atoms with Crippen LogP contribution in [-0.4, -0.2) is 14.8 Å². The number of nitrogens with zero attached hydrogens (tertiary/aromatic N) is 3. The van der Waals surface area contributed by atoms with Gasteiger partial charge in [0.2, 0.25) is 0 Å². The fraction of sp³-hybridized carbons (Fsp3) is 0.455. The number of aryl methyl sites for hydroxylation is 2. The van der Waals surface area contributed by atoms with Crippen molar-refractivity contribution in [2.24, 2.45) is 7.05 Å². The Hall–Kier alpha value is -1.20. The quantitative estimate of drug-likeness (QED) is 0.859. The predicted octanol–water partition coefficient (Wildman–Crippen LogP) is 1.73. The zero-order valence-electron chi connectivity index (χ0n) is 9.60. The van der Waals surface area contributed by atoms with Gasteiger partial charge in [0.25, 0.3) is 0 Å². The standard InChI is InChI=1S/C11H16N4S/c1-3-11-13-7-10(16-11)6-12-4-9-5-14-15(2)8-9/h5,7-8,12H,3-4,6H2,1-2H3. The van der Waals surface area contributed by atoms with Gasteiger partial charge in [-0.05, 0) is 6.42 Å². The van der Waals surface area contributed by atoms with Gasteiger partial charge in [0, 0.05) is 43.0 Å². The summed E-state index contributed by atoms with van der Waals surface area (Å²) in [6, 6.07) is 0. The first-order chi connectivity index (χ1) is 7.78. The van der Waals surface area contributed by atoms with Crippen LogP contribution in [0.4, 0.5) is 0 Å². The first-order valence-corrected chi connectivity index (χ1v) is 6.21. The molecular weight excluding hydrogens is 220 g/mol. The highest BCUT2D eigenvalue weighted by molar-refractivity contribution is 7.11. The molecule has 2 rings (SSSR count). The van der Waals surface area contributed by atoms with E-state index < -0.39 is 0 Å². The number of aromatic nitrogens is 3. The van der Waals surface area contributed by atoms with Crippen LogP contribution in [0.1, 0.15) is 22.4 Å². The molecule has 5 heteroatoms. The first kappa shape index (κ1) is 11.3. The summed E-state index contributed by atoms with van der Waals surface area (Å²) in [5.41, 5.74) is 1.21. The Kier molecular flexibility index (Phi) is 3.69. The third kappa shape index (κ3) is 2.90. The molecule has 4 nitrogen and oxygen atoms in total. The highest BCUT2D eigenvalue weighted by Gasteiger charge is 2.00. The summed E-state index contributed by atoms with van der Waals surface area (Å²) >= 11 is 1.78. The second-order valence-electron chi connectivity index (χ2n) is 3.70. The van der Waals surface area contributed by atoms with E-state index in [4.69, 9.17) is 0 Å². The van der Waals surface area contributed by atoms with E-state index >= 15 is 0 Å². The number of thiazole rings is 1. The molecule has 0 aliphatic rings. The van der Waals surface area contributed by atoms with Gasteiger partial charge < -0.3 is 5.32 Å². The third-order valence-electron chi connectivity index (χ3n) is 2.29. The summed E-state index contributed by atoms with van der Waals surface area (Å²) in [5.74, 6) is 0. The van der Waals surface area contributed by atoms with Crippen LogP contribution in [0, 0.1) is 0 Å². The Morgan fingerprint density at radius 2 is 2.25 bits per heavy atom. The molecule has 0 unspecified atom stereocenters. The molecule has 0 saturated heterocycles. The summed E-state index contributed by atoms with van der Waals surface area (Å²) in [4.78, 5) is 5.62. The Labute approximate surface area is 99.3 Å². The predicted molar refractivity (Wildman–Crippen MR) is 65.2 cm³/mol. The van der Waals surface area contributed by atoms with E-state index in [1.54, 1.807) is 11.3 Å². The van der Waals surface area contributed by atoms with Crippen LogP contribution >= 0.6 is 11.3 Å². The first-order valence-electron chi connectivity index (χ1n) is 5.39. The smallest absolute Gasteiger partial charge is 0.0925 e. The number of rotatable bonds is 5. The Morgan fingerprint density at radius 1 is 1.38 bits per heavy atom. The average Bonchev–Trinajstić information content (AvgIpc) is 2.88. The molecular formula is C11H16N4S. The zero-order valence-corrected chi connectivity index (χ0v) is 10.4. The van der Waals surface area contributed by atoms with Gasteiger partial charge in [0.05, 0.1) is 11.2 Å². The van der Waals surface area contributed by atoms with Crippen molar-refractivity contribution in [2.45, 2.75) is 26.4 Å². The monoisotopic (exact) mass is 236 g/mol. The number of hydrogen-bond donors (Lipinski definition) is 1. The van der Waals surface area contributed by atoms with Crippen LogP contribution in [0.15, 0.2) is 18.6 Å². The van der Waals surface area contributed by atoms with E-state index in [0.29, 0.717) is 0 Å². The van der Waals surface area contributed by atoms with Crippen molar-refractivity contribution >= 4 is 11.3 Å². The van der Waals surface area contributed by atoms with Gasteiger partial charge in [-0.1, -0.05) is 6.92 Å². The topological polar surface area (TPSA) is 42.7 Å². The van der Waals surface area contributed by atoms with E-state index in [9.17, 15) is 0 Å². The van der Waals surface area contributed by atoms with Crippen molar-refractivity contribution in [3.8, 4) is 0 Å². The van der Waals surface area contributed by atoms with Crippen LogP contribution in [-0.2, 0) is 26.6 Å². The molecule has 0 saturated carbocycles. The fourth-order valence-corrected chi connectivity index (χ4v) is 2.32. The van der Waals surface area contributed by atoms with Crippen molar-refractivity contribution in [3.05, 3.63) is 34.0 Å².